The van der Waals surface area contributed by atoms with Crippen LogP contribution in [0.4, 0.5) is 0 Å². The fourth-order valence-electron chi connectivity index (χ4n) is 4.28. The Bertz CT molecular complexity index is 839. The van der Waals surface area contributed by atoms with Gasteiger partial charge in [0.15, 0.2) is 11.5 Å². The molecule has 2 saturated heterocycles. The van der Waals surface area contributed by atoms with Crippen molar-refractivity contribution in [2.75, 3.05) is 33.0 Å². The topological polar surface area (TPSA) is 63.7 Å². The van der Waals surface area contributed by atoms with Crippen LogP contribution in [0.3, 0.4) is 0 Å². The van der Waals surface area contributed by atoms with Crippen molar-refractivity contribution >= 4 is 17.2 Å². The van der Waals surface area contributed by atoms with Crippen LogP contribution < -0.4 is 14.8 Å². The minimum absolute atomic E-state index is 0.200. The molecular weight excluding hydrogens is 362 g/mol. The van der Waals surface area contributed by atoms with Crippen LogP contribution in [-0.4, -0.2) is 48.8 Å². The van der Waals surface area contributed by atoms with E-state index in [1.807, 2.05) is 28.5 Å². The number of fused-ring (bicyclic) bond motifs is 2. The molecule has 1 amide bonds. The molecule has 142 valence electrons. The molecule has 0 aliphatic carbocycles. The normalized spacial score (nSPS) is 23.9. The maximum absolute atomic E-state index is 12.8. The summed E-state index contributed by atoms with van der Waals surface area (Å²) in [6.07, 6.45) is 2.61. The third-order valence-corrected chi connectivity index (χ3v) is 6.82. The Kier molecular flexibility index (Phi) is 4.49. The number of aromatic nitrogens is 1. The molecule has 1 aromatic carbocycles. The van der Waals surface area contributed by atoms with Crippen molar-refractivity contribution in [3.8, 4) is 22.1 Å². The average Bonchev–Trinajstić information content (AvgIpc) is 3.40. The smallest absolute Gasteiger partial charge is 0.231 e. The fourth-order valence-corrected chi connectivity index (χ4v) is 5.10. The third-order valence-electron chi connectivity index (χ3n) is 5.88. The number of carbonyl (C=O) groups excluding carboxylic acids is 1. The number of thiazole rings is 1. The summed E-state index contributed by atoms with van der Waals surface area (Å²) in [5, 5.41) is 6.39. The molecule has 1 aromatic heterocycles. The number of carbonyl (C=O) groups is 1. The van der Waals surface area contributed by atoms with Gasteiger partial charge in [0.1, 0.15) is 5.01 Å². The number of amides is 1. The van der Waals surface area contributed by atoms with Crippen LogP contribution in [0.1, 0.15) is 18.5 Å². The third kappa shape index (κ3) is 3.41. The van der Waals surface area contributed by atoms with E-state index >= 15 is 0 Å². The monoisotopic (exact) mass is 385 g/mol. The van der Waals surface area contributed by atoms with Crippen LogP contribution in [0, 0.1) is 11.8 Å². The van der Waals surface area contributed by atoms with E-state index in [1.165, 1.54) is 0 Å². The highest BCUT2D eigenvalue weighted by Crippen LogP contribution is 2.36. The minimum Gasteiger partial charge on any atom is -0.454 e. The van der Waals surface area contributed by atoms with Gasteiger partial charge < -0.3 is 19.7 Å². The van der Waals surface area contributed by atoms with Gasteiger partial charge in [-0.15, -0.1) is 11.3 Å². The van der Waals surface area contributed by atoms with Crippen molar-refractivity contribution in [2.24, 2.45) is 11.8 Å². The molecule has 0 saturated carbocycles. The largest absolute Gasteiger partial charge is 0.454 e. The fraction of sp³-hybridized carbons (Fsp3) is 0.500. The Hall–Kier alpha value is -2.12. The Morgan fingerprint density at radius 1 is 1.19 bits per heavy atom. The van der Waals surface area contributed by atoms with Gasteiger partial charge in [0, 0.05) is 24.0 Å². The SMILES string of the molecule is O=C(Cc1csc(-c2ccc3c(c2)OCO3)n1)N1CC[C@@H]2CNC[C@@H]2CC1. The second-order valence-electron chi connectivity index (χ2n) is 7.53. The molecule has 2 atom stereocenters. The number of nitrogens with one attached hydrogen (secondary N) is 1. The lowest BCUT2D eigenvalue weighted by atomic mass is 9.92. The molecule has 5 rings (SSSR count). The average molecular weight is 385 g/mol. The van der Waals surface area contributed by atoms with Gasteiger partial charge in [-0.25, -0.2) is 4.98 Å². The number of hydrogen-bond donors (Lipinski definition) is 1. The molecule has 2 fully saturated rings. The zero-order valence-corrected chi connectivity index (χ0v) is 16.0. The highest BCUT2D eigenvalue weighted by Gasteiger charge is 2.31. The van der Waals surface area contributed by atoms with E-state index in [4.69, 9.17) is 9.47 Å². The minimum atomic E-state index is 0.200. The molecule has 0 radical (unpaired) electrons. The summed E-state index contributed by atoms with van der Waals surface area (Å²) in [4.78, 5) is 19.5. The van der Waals surface area contributed by atoms with Gasteiger partial charge in [-0.05, 0) is 56.0 Å². The van der Waals surface area contributed by atoms with Gasteiger partial charge >= 0.3 is 0 Å². The Morgan fingerprint density at radius 2 is 1.96 bits per heavy atom. The van der Waals surface area contributed by atoms with Crippen molar-refractivity contribution in [3.05, 3.63) is 29.3 Å². The molecule has 3 aliphatic rings. The van der Waals surface area contributed by atoms with Gasteiger partial charge in [-0.3, -0.25) is 4.79 Å². The van der Waals surface area contributed by atoms with E-state index in [1.54, 1.807) is 11.3 Å². The van der Waals surface area contributed by atoms with Gasteiger partial charge in [0.05, 0.1) is 12.1 Å². The molecule has 3 aliphatic heterocycles. The van der Waals surface area contributed by atoms with Gasteiger partial charge in [-0.1, -0.05) is 0 Å². The standard InChI is InChI=1S/C20H23N3O3S/c24-19(23-5-3-14-9-21-10-15(14)4-6-23)8-16-11-27-20(22-16)13-1-2-17-18(7-13)26-12-25-17/h1-2,7,11,14-15,21H,3-6,8-10,12H2/t14-,15+. The van der Waals surface area contributed by atoms with Crippen molar-refractivity contribution in [1.82, 2.24) is 15.2 Å². The lowest BCUT2D eigenvalue weighted by Gasteiger charge is -2.20. The zero-order chi connectivity index (χ0) is 18.2. The van der Waals surface area contributed by atoms with E-state index in [0.29, 0.717) is 6.42 Å². The number of hydrogen-bond acceptors (Lipinski definition) is 6. The molecule has 7 heteroatoms. The second-order valence-corrected chi connectivity index (χ2v) is 8.38. The van der Waals surface area contributed by atoms with E-state index in [-0.39, 0.29) is 12.7 Å². The van der Waals surface area contributed by atoms with Crippen molar-refractivity contribution < 1.29 is 14.3 Å². The first-order valence-electron chi connectivity index (χ1n) is 9.59. The van der Waals surface area contributed by atoms with Gasteiger partial charge in [-0.2, -0.15) is 0 Å². The molecule has 1 N–H and O–H groups in total. The number of benzene rings is 1. The highest BCUT2D eigenvalue weighted by molar-refractivity contribution is 7.13. The Labute approximate surface area is 162 Å². The molecule has 6 nitrogen and oxygen atoms in total. The maximum Gasteiger partial charge on any atom is 0.231 e. The van der Waals surface area contributed by atoms with E-state index < -0.39 is 0 Å². The number of likely N-dealkylation sites (tertiary alicyclic amines) is 1. The van der Waals surface area contributed by atoms with Crippen LogP contribution in [-0.2, 0) is 11.2 Å². The summed E-state index contributed by atoms with van der Waals surface area (Å²) in [7, 11) is 0. The quantitative estimate of drug-likeness (QED) is 0.880. The van der Waals surface area contributed by atoms with E-state index in [0.717, 1.165) is 78.6 Å². The van der Waals surface area contributed by atoms with Crippen LogP contribution in [0.5, 0.6) is 11.5 Å². The summed E-state index contributed by atoms with van der Waals surface area (Å²) < 4.78 is 10.8. The van der Waals surface area contributed by atoms with Crippen LogP contribution in [0.2, 0.25) is 0 Å². The molecule has 0 spiro atoms. The predicted molar refractivity (Wildman–Crippen MR) is 103 cm³/mol. The van der Waals surface area contributed by atoms with Gasteiger partial charge in [0.2, 0.25) is 12.7 Å². The number of nitrogens with zero attached hydrogens (tertiary/aromatic N) is 2. The molecule has 2 aromatic rings. The van der Waals surface area contributed by atoms with Crippen LogP contribution in [0.15, 0.2) is 23.6 Å². The summed E-state index contributed by atoms with van der Waals surface area (Å²) in [5.74, 6) is 3.20. The lowest BCUT2D eigenvalue weighted by molar-refractivity contribution is -0.130. The lowest BCUT2D eigenvalue weighted by Crippen LogP contribution is -2.34. The highest BCUT2D eigenvalue weighted by atomic mass is 32.1. The summed E-state index contributed by atoms with van der Waals surface area (Å²) in [6, 6.07) is 5.85. The first kappa shape index (κ1) is 17.0. The Morgan fingerprint density at radius 3 is 2.78 bits per heavy atom. The zero-order valence-electron chi connectivity index (χ0n) is 15.1. The van der Waals surface area contributed by atoms with Crippen molar-refractivity contribution in [3.63, 3.8) is 0 Å². The first-order chi connectivity index (χ1) is 13.3. The van der Waals surface area contributed by atoms with E-state index in [2.05, 4.69) is 10.3 Å². The summed E-state index contributed by atoms with van der Waals surface area (Å²) >= 11 is 1.57. The first-order valence-corrected chi connectivity index (χ1v) is 10.5. The molecule has 4 heterocycles. The van der Waals surface area contributed by atoms with Crippen molar-refractivity contribution in [2.45, 2.75) is 19.3 Å². The van der Waals surface area contributed by atoms with E-state index in [9.17, 15) is 4.79 Å². The number of rotatable bonds is 3. The van der Waals surface area contributed by atoms with Gasteiger partial charge in [0.25, 0.3) is 0 Å². The molecule has 27 heavy (non-hydrogen) atoms. The predicted octanol–water partition coefficient (Wildman–Crippen LogP) is 2.54. The van der Waals surface area contributed by atoms with Crippen molar-refractivity contribution in [1.29, 1.82) is 0 Å². The van der Waals surface area contributed by atoms with Crippen LogP contribution in [0.25, 0.3) is 10.6 Å². The second kappa shape index (κ2) is 7.13. The maximum atomic E-state index is 12.8. The summed E-state index contributed by atoms with van der Waals surface area (Å²) in [6.45, 7) is 4.24. The van der Waals surface area contributed by atoms with Crippen LogP contribution >= 0.6 is 11.3 Å². The number of ether oxygens (including phenoxy) is 2. The molecular formula is C20H23N3O3S. The Balaban J connectivity index is 1.24. The molecule has 0 unspecified atom stereocenters. The summed E-state index contributed by atoms with van der Waals surface area (Å²) in [5.41, 5.74) is 1.85. The molecule has 0 bridgehead atoms.